The zero-order valence-corrected chi connectivity index (χ0v) is 10.1. The third kappa shape index (κ3) is 3.72. The number of nitriles is 1. The molecule has 92 valence electrons. The summed E-state index contributed by atoms with van der Waals surface area (Å²) in [6.45, 7) is 2.14. The average molecular weight is 241 g/mol. The number of pyridine rings is 1. The van der Waals surface area contributed by atoms with Crippen LogP contribution in [0.25, 0.3) is 0 Å². The second-order valence-corrected chi connectivity index (χ2v) is 4.02. The van der Waals surface area contributed by atoms with E-state index >= 15 is 0 Å². The standard InChI is InChI=1S/C14H15N3O/c15-7-4-9-17(12-14-6-3-10-18-14)11-13-5-1-2-8-16-13/h1-3,5-6,8,10H,4,9,11-12H2. The van der Waals surface area contributed by atoms with Crippen LogP contribution in [0.1, 0.15) is 17.9 Å². The quantitative estimate of drug-likeness (QED) is 0.780. The van der Waals surface area contributed by atoms with Crippen LogP contribution in [-0.2, 0) is 13.1 Å². The van der Waals surface area contributed by atoms with Crippen LogP contribution in [0.3, 0.4) is 0 Å². The van der Waals surface area contributed by atoms with E-state index in [1.54, 1.807) is 12.5 Å². The van der Waals surface area contributed by atoms with Gasteiger partial charge < -0.3 is 4.42 Å². The van der Waals surface area contributed by atoms with Gasteiger partial charge in [0.2, 0.25) is 0 Å². The van der Waals surface area contributed by atoms with Crippen LogP contribution in [0.4, 0.5) is 0 Å². The minimum atomic E-state index is 0.507. The van der Waals surface area contributed by atoms with Crippen molar-refractivity contribution in [3.8, 4) is 6.07 Å². The predicted molar refractivity (Wildman–Crippen MR) is 67.3 cm³/mol. The summed E-state index contributed by atoms with van der Waals surface area (Å²) < 4.78 is 5.34. The molecular weight excluding hydrogens is 226 g/mol. The molecule has 0 radical (unpaired) electrons. The van der Waals surface area contributed by atoms with Gasteiger partial charge in [-0.1, -0.05) is 6.07 Å². The molecule has 0 atom stereocenters. The van der Waals surface area contributed by atoms with Gasteiger partial charge in [0.25, 0.3) is 0 Å². The lowest BCUT2D eigenvalue weighted by Crippen LogP contribution is -2.24. The monoisotopic (exact) mass is 241 g/mol. The molecule has 0 aromatic carbocycles. The summed E-state index contributed by atoms with van der Waals surface area (Å²) in [5, 5.41) is 8.69. The van der Waals surface area contributed by atoms with Crippen LogP contribution >= 0.6 is 0 Å². The Hall–Kier alpha value is -2.12. The zero-order valence-electron chi connectivity index (χ0n) is 10.1. The van der Waals surface area contributed by atoms with E-state index in [0.29, 0.717) is 19.5 Å². The van der Waals surface area contributed by atoms with Crippen LogP contribution in [-0.4, -0.2) is 16.4 Å². The summed E-state index contributed by atoms with van der Waals surface area (Å²) in [7, 11) is 0. The van der Waals surface area contributed by atoms with Crippen LogP contribution in [0.15, 0.2) is 47.2 Å². The normalized spacial score (nSPS) is 10.4. The molecule has 0 unspecified atom stereocenters. The molecule has 2 aromatic heterocycles. The molecule has 0 saturated heterocycles. The third-order valence-electron chi connectivity index (χ3n) is 2.61. The smallest absolute Gasteiger partial charge is 0.117 e. The molecule has 2 rings (SSSR count). The third-order valence-corrected chi connectivity index (χ3v) is 2.61. The van der Waals surface area contributed by atoms with E-state index in [-0.39, 0.29) is 0 Å². The first kappa shape index (κ1) is 12.3. The Balaban J connectivity index is 1.99. The number of furan rings is 1. The van der Waals surface area contributed by atoms with Gasteiger partial charge in [-0.05, 0) is 24.3 Å². The second-order valence-electron chi connectivity index (χ2n) is 4.02. The van der Waals surface area contributed by atoms with Gasteiger partial charge in [0, 0.05) is 25.7 Å². The molecule has 0 aliphatic heterocycles. The first-order valence-corrected chi connectivity index (χ1v) is 5.90. The van der Waals surface area contributed by atoms with Crippen molar-refractivity contribution in [3.63, 3.8) is 0 Å². The highest BCUT2D eigenvalue weighted by atomic mass is 16.3. The topological polar surface area (TPSA) is 53.1 Å². The summed E-state index contributed by atoms with van der Waals surface area (Å²) in [5.41, 5.74) is 1.00. The van der Waals surface area contributed by atoms with E-state index < -0.39 is 0 Å². The molecule has 0 amide bonds. The van der Waals surface area contributed by atoms with Crippen molar-refractivity contribution in [1.29, 1.82) is 5.26 Å². The molecule has 0 aliphatic carbocycles. The summed E-state index contributed by atoms with van der Waals surface area (Å²) in [4.78, 5) is 6.46. The van der Waals surface area contributed by atoms with Gasteiger partial charge >= 0.3 is 0 Å². The number of hydrogen-bond acceptors (Lipinski definition) is 4. The van der Waals surface area contributed by atoms with Crippen molar-refractivity contribution in [3.05, 3.63) is 54.2 Å². The number of aromatic nitrogens is 1. The van der Waals surface area contributed by atoms with E-state index in [1.807, 2.05) is 30.3 Å². The van der Waals surface area contributed by atoms with E-state index in [4.69, 9.17) is 9.68 Å². The summed E-state index contributed by atoms with van der Waals surface area (Å²) in [6, 6.07) is 11.8. The fraction of sp³-hybridized carbons (Fsp3) is 0.286. The van der Waals surface area contributed by atoms with Crippen LogP contribution in [0.5, 0.6) is 0 Å². The molecule has 18 heavy (non-hydrogen) atoms. The fourth-order valence-corrected chi connectivity index (χ4v) is 1.77. The fourth-order valence-electron chi connectivity index (χ4n) is 1.77. The second kappa shape index (κ2) is 6.58. The molecule has 0 fully saturated rings. The van der Waals surface area contributed by atoms with E-state index in [1.165, 1.54) is 0 Å². The Kier molecular flexibility index (Phi) is 4.51. The van der Waals surface area contributed by atoms with Gasteiger partial charge in [-0.2, -0.15) is 5.26 Å². The molecule has 4 heteroatoms. The SMILES string of the molecule is N#CCCN(Cc1ccccn1)Cc1ccco1. The molecule has 0 N–H and O–H groups in total. The summed E-state index contributed by atoms with van der Waals surface area (Å²) in [5.74, 6) is 0.906. The minimum absolute atomic E-state index is 0.507. The lowest BCUT2D eigenvalue weighted by atomic mass is 10.3. The number of rotatable bonds is 6. The van der Waals surface area contributed by atoms with Crippen molar-refractivity contribution in [2.24, 2.45) is 0 Å². The summed E-state index contributed by atoms with van der Waals surface area (Å²) in [6.07, 6.45) is 3.96. The van der Waals surface area contributed by atoms with Crippen molar-refractivity contribution in [1.82, 2.24) is 9.88 Å². The molecule has 0 saturated carbocycles. The molecule has 2 heterocycles. The first-order chi connectivity index (χ1) is 8.88. The van der Waals surface area contributed by atoms with Gasteiger partial charge in [0.1, 0.15) is 5.76 Å². The van der Waals surface area contributed by atoms with Gasteiger partial charge in [-0.3, -0.25) is 9.88 Å². The lowest BCUT2D eigenvalue weighted by Gasteiger charge is -2.19. The molecule has 2 aromatic rings. The Morgan fingerprint density at radius 3 is 2.83 bits per heavy atom. The van der Waals surface area contributed by atoms with Crippen molar-refractivity contribution < 1.29 is 4.42 Å². The summed E-state index contributed by atoms with van der Waals surface area (Å²) >= 11 is 0. The van der Waals surface area contributed by atoms with Gasteiger partial charge in [-0.15, -0.1) is 0 Å². The Morgan fingerprint density at radius 1 is 1.22 bits per heavy atom. The molecule has 4 nitrogen and oxygen atoms in total. The maximum atomic E-state index is 8.69. The first-order valence-electron chi connectivity index (χ1n) is 5.90. The molecular formula is C14H15N3O. The predicted octanol–water partition coefficient (Wildman–Crippen LogP) is 2.59. The van der Waals surface area contributed by atoms with E-state index in [2.05, 4.69) is 16.0 Å². The number of hydrogen-bond donors (Lipinski definition) is 0. The minimum Gasteiger partial charge on any atom is -0.468 e. The van der Waals surface area contributed by atoms with Gasteiger partial charge in [0.15, 0.2) is 0 Å². The molecule has 0 spiro atoms. The average Bonchev–Trinajstić information content (AvgIpc) is 2.90. The van der Waals surface area contributed by atoms with Crippen molar-refractivity contribution in [2.75, 3.05) is 6.54 Å². The van der Waals surface area contributed by atoms with E-state index in [0.717, 1.165) is 18.0 Å². The van der Waals surface area contributed by atoms with Gasteiger partial charge in [-0.25, -0.2) is 0 Å². The molecule has 0 aliphatic rings. The van der Waals surface area contributed by atoms with Gasteiger partial charge in [0.05, 0.1) is 24.6 Å². The van der Waals surface area contributed by atoms with Crippen molar-refractivity contribution >= 4 is 0 Å². The lowest BCUT2D eigenvalue weighted by molar-refractivity contribution is 0.238. The largest absolute Gasteiger partial charge is 0.468 e. The van der Waals surface area contributed by atoms with Crippen LogP contribution < -0.4 is 0 Å². The Labute approximate surface area is 106 Å². The maximum absolute atomic E-state index is 8.69. The highest BCUT2D eigenvalue weighted by molar-refractivity contribution is 5.04. The maximum Gasteiger partial charge on any atom is 0.117 e. The Morgan fingerprint density at radius 2 is 2.17 bits per heavy atom. The van der Waals surface area contributed by atoms with E-state index in [9.17, 15) is 0 Å². The molecule has 0 bridgehead atoms. The van der Waals surface area contributed by atoms with Crippen LogP contribution in [0.2, 0.25) is 0 Å². The van der Waals surface area contributed by atoms with Crippen LogP contribution in [0, 0.1) is 11.3 Å². The number of nitrogens with zero attached hydrogens (tertiary/aromatic N) is 3. The zero-order chi connectivity index (χ0) is 12.6. The highest BCUT2D eigenvalue weighted by Gasteiger charge is 2.09. The van der Waals surface area contributed by atoms with Crippen molar-refractivity contribution in [2.45, 2.75) is 19.5 Å². The Bertz CT molecular complexity index is 488. The highest BCUT2D eigenvalue weighted by Crippen LogP contribution is 2.09.